The molecule has 0 saturated carbocycles. The van der Waals surface area contributed by atoms with Crippen LogP contribution in [0.3, 0.4) is 0 Å². The van der Waals surface area contributed by atoms with Crippen molar-refractivity contribution in [3.63, 3.8) is 0 Å². The summed E-state index contributed by atoms with van der Waals surface area (Å²) < 4.78 is 86.6. The van der Waals surface area contributed by atoms with Gasteiger partial charge in [0, 0.05) is 50.3 Å². The van der Waals surface area contributed by atoms with E-state index >= 15 is 0 Å². The van der Waals surface area contributed by atoms with Crippen molar-refractivity contribution in [3.05, 3.63) is 137 Å². The average Bonchev–Trinajstić information content (AvgIpc) is 3.26. The lowest BCUT2D eigenvalue weighted by Crippen LogP contribution is -2.33. The molecule has 5 N–H and O–H groups in total. The van der Waals surface area contributed by atoms with E-state index in [0.717, 1.165) is 24.3 Å². The molecule has 0 aliphatic heterocycles. The SMILES string of the molecule is CCC(C)(CC)Nc1ccc(-c2ccc(NC(=O)c3cccc(C(=O)Nc4ccc(O)c(NC(=O)c5cccc(C(=O)C(C)(CC)CC)c5)c4)c3)cc2C(F)(F)F)c(C(F)(F)F)c1. The van der Waals surface area contributed by atoms with Crippen LogP contribution in [0.25, 0.3) is 11.1 Å². The van der Waals surface area contributed by atoms with Gasteiger partial charge in [-0.1, -0.05) is 65.0 Å². The number of phenolic OH excluding ortho intramolecular Hbond substituents is 1. The summed E-state index contributed by atoms with van der Waals surface area (Å²) in [5, 5.41) is 21.1. The second-order valence-corrected chi connectivity index (χ2v) is 15.8. The fraction of sp³-hybridized carbons (Fsp3) is 0.292. The first-order chi connectivity index (χ1) is 29.5. The molecule has 0 atom stereocenters. The Morgan fingerprint density at radius 2 is 0.921 bits per heavy atom. The van der Waals surface area contributed by atoms with Crippen molar-refractivity contribution in [2.75, 3.05) is 21.3 Å². The van der Waals surface area contributed by atoms with Gasteiger partial charge in [-0.3, -0.25) is 19.2 Å². The summed E-state index contributed by atoms with van der Waals surface area (Å²) in [5.41, 5.74) is -5.12. The molecule has 9 nitrogen and oxygen atoms in total. The molecule has 0 fully saturated rings. The molecule has 63 heavy (non-hydrogen) atoms. The summed E-state index contributed by atoms with van der Waals surface area (Å²) in [6.07, 6.45) is -7.74. The number of nitrogens with one attached hydrogen (secondary N) is 4. The van der Waals surface area contributed by atoms with E-state index in [2.05, 4.69) is 21.3 Å². The number of phenols is 1. The number of alkyl halides is 6. The zero-order valence-electron chi connectivity index (χ0n) is 35.5. The first-order valence-electron chi connectivity index (χ1n) is 20.3. The van der Waals surface area contributed by atoms with Gasteiger partial charge in [-0.2, -0.15) is 26.3 Å². The maximum atomic E-state index is 14.5. The second kappa shape index (κ2) is 18.8. The van der Waals surface area contributed by atoms with E-state index in [1.807, 2.05) is 41.5 Å². The topological polar surface area (TPSA) is 137 Å². The van der Waals surface area contributed by atoms with Crippen molar-refractivity contribution in [2.24, 2.45) is 5.41 Å². The van der Waals surface area contributed by atoms with E-state index in [1.54, 1.807) is 12.1 Å². The Kier molecular flexibility index (Phi) is 14.1. The van der Waals surface area contributed by atoms with E-state index in [4.69, 9.17) is 0 Å². The van der Waals surface area contributed by atoms with Gasteiger partial charge in [0.05, 0.1) is 16.8 Å². The van der Waals surface area contributed by atoms with E-state index in [-0.39, 0.29) is 51.0 Å². The van der Waals surface area contributed by atoms with Gasteiger partial charge < -0.3 is 26.4 Å². The number of carbonyl (C=O) groups excluding carboxylic acids is 4. The molecule has 0 aliphatic rings. The number of Topliss-reactive ketones (excluding diaryl/α,β-unsaturated/α-hetero) is 1. The number of carbonyl (C=O) groups is 4. The van der Waals surface area contributed by atoms with Gasteiger partial charge in [-0.05, 0) is 117 Å². The molecule has 5 aromatic carbocycles. The quantitative estimate of drug-likeness (QED) is 0.0307. The second-order valence-electron chi connectivity index (χ2n) is 15.8. The fourth-order valence-corrected chi connectivity index (χ4v) is 6.80. The summed E-state index contributed by atoms with van der Waals surface area (Å²) in [6, 6.07) is 20.8. The standard InChI is InChI=1S/C48H48F6N4O5/c1-7-45(5,8-2)41(60)28-13-11-14-29(23-28)44(63)57-39-27-33(19-22-40(39)59)56-43(62)31-16-12-15-30(24-31)42(61)55-32-17-20-35(37(25-32)47(49,50)51)36-21-18-34(26-38(36)48(52,53)54)58-46(6,9-3)10-4/h11-27,58-59H,7-10H2,1-6H3,(H,55,61)(H,56,62)(H,57,63). The highest BCUT2D eigenvalue weighted by Gasteiger charge is 2.39. The van der Waals surface area contributed by atoms with Crippen LogP contribution < -0.4 is 21.3 Å². The normalized spacial score (nSPS) is 12.1. The monoisotopic (exact) mass is 874 g/mol. The number of aromatic hydroxyl groups is 1. The minimum absolute atomic E-state index is 0.0453. The molecule has 0 aliphatic carbocycles. The predicted molar refractivity (Wildman–Crippen MR) is 232 cm³/mol. The third kappa shape index (κ3) is 11.1. The van der Waals surface area contributed by atoms with E-state index < -0.39 is 63.3 Å². The summed E-state index contributed by atoms with van der Waals surface area (Å²) in [4.78, 5) is 53.1. The van der Waals surface area contributed by atoms with Gasteiger partial charge in [0.1, 0.15) is 5.75 Å². The van der Waals surface area contributed by atoms with Gasteiger partial charge >= 0.3 is 12.4 Å². The van der Waals surface area contributed by atoms with Crippen LogP contribution in [0, 0.1) is 5.41 Å². The van der Waals surface area contributed by atoms with Crippen LogP contribution in [0.5, 0.6) is 5.75 Å². The first-order valence-corrected chi connectivity index (χ1v) is 20.3. The average molecular weight is 875 g/mol. The maximum absolute atomic E-state index is 14.5. The summed E-state index contributed by atoms with van der Waals surface area (Å²) in [7, 11) is 0. The first kappa shape index (κ1) is 47.4. The Morgan fingerprint density at radius 1 is 0.508 bits per heavy atom. The number of amides is 3. The Bertz CT molecular complexity index is 2530. The third-order valence-corrected chi connectivity index (χ3v) is 11.6. The minimum Gasteiger partial charge on any atom is -0.506 e. The lowest BCUT2D eigenvalue weighted by Gasteiger charge is -2.30. The summed E-state index contributed by atoms with van der Waals surface area (Å²) in [6.45, 7) is 11.2. The number of anilines is 4. The smallest absolute Gasteiger partial charge is 0.417 e. The van der Waals surface area contributed by atoms with Crippen molar-refractivity contribution in [2.45, 2.75) is 85.1 Å². The summed E-state index contributed by atoms with van der Waals surface area (Å²) in [5.74, 6) is -2.71. The Labute approximate surface area is 361 Å². The largest absolute Gasteiger partial charge is 0.506 e. The molecule has 5 aromatic rings. The van der Waals surface area contributed by atoms with Crippen LogP contribution in [0.4, 0.5) is 49.1 Å². The van der Waals surface area contributed by atoms with E-state index in [1.165, 1.54) is 60.7 Å². The Balaban J connectivity index is 1.33. The molecule has 5 rings (SSSR count). The molecular weight excluding hydrogens is 827 g/mol. The van der Waals surface area contributed by atoms with Crippen LogP contribution in [0.2, 0.25) is 0 Å². The van der Waals surface area contributed by atoms with Crippen LogP contribution in [0.15, 0.2) is 103 Å². The minimum atomic E-state index is -5.12. The van der Waals surface area contributed by atoms with Crippen LogP contribution >= 0.6 is 0 Å². The molecule has 0 radical (unpaired) electrons. The lowest BCUT2D eigenvalue weighted by molar-refractivity contribution is -0.139. The number of ketones is 1. The number of halogens is 6. The zero-order valence-corrected chi connectivity index (χ0v) is 35.5. The van der Waals surface area contributed by atoms with Crippen molar-refractivity contribution < 1.29 is 50.6 Å². The molecule has 0 unspecified atom stereocenters. The molecule has 0 aromatic heterocycles. The molecule has 3 amide bonds. The van der Waals surface area contributed by atoms with Crippen molar-refractivity contribution in [1.82, 2.24) is 0 Å². The Hall–Kier alpha value is -6.64. The highest BCUT2D eigenvalue weighted by atomic mass is 19.4. The van der Waals surface area contributed by atoms with Gasteiger partial charge in [-0.15, -0.1) is 0 Å². The summed E-state index contributed by atoms with van der Waals surface area (Å²) >= 11 is 0. The van der Waals surface area contributed by atoms with E-state index in [0.29, 0.717) is 37.3 Å². The Morgan fingerprint density at radius 3 is 1.40 bits per heavy atom. The molecular formula is C48H48F6N4O5. The van der Waals surface area contributed by atoms with Crippen LogP contribution in [0.1, 0.15) is 120 Å². The van der Waals surface area contributed by atoms with Gasteiger partial charge in [0.15, 0.2) is 5.78 Å². The fourth-order valence-electron chi connectivity index (χ4n) is 6.80. The molecule has 0 spiro atoms. The van der Waals surface area contributed by atoms with Crippen LogP contribution in [-0.2, 0) is 12.4 Å². The molecule has 15 heteroatoms. The molecule has 0 heterocycles. The zero-order chi connectivity index (χ0) is 46.5. The number of benzene rings is 5. The molecule has 332 valence electrons. The highest BCUT2D eigenvalue weighted by Crippen LogP contribution is 2.45. The van der Waals surface area contributed by atoms with Gasteiger partial charge in [-0.25, -0.2) is 0 Å². The predicted octanol–water partition coefficient (Wildman–Crippen LogP) is 12.9. The van der Waals surface area contributed by atoms with Gasteiger partial charge in [0.25, 0.3) is 17.7 Å². The molecule has 0 saturated heterocycles. The maximum Gasteiger partial charge on any atom is 0.417 e. The van der Waals surface area contributed by atoms with Crippen molar-refractivity contribution in [1.29, 1.82) is 0 Å². The van der Waals surface area contributed by atoms with Crippen molar-refractivity contribution in [3.8, 4) is 16.9 Å². The van der Waals surface area contributed by atoms with E-state index in [9.17, 15) is 50.6 Å². The lowest BCUT2D eigenvalue weighted by atomic mass is 9.77. The highest BCUT2D eigenvalue weighted by molar-refractivity contribution is 6.10. The molecule has 0 bridgehead atoms. The van der Waals surface area contributed by atoms with Gasteiger partial charge in [0.2, 0.25) is 0 Å². The van der Waals surface area contributed by atoms with Crippen LogP contribution in [-0.4, -0.2) is 34.2 Å². The number of hydrogen-bond donors (Lipinski definition) is 5. The number of hydrogen-bond acceptors (Lipinski definition) is 6. The third-order valence-electron chi connectivity index (χ3n) is 11.6. The number of rotatable bonds is 15. The van der Waals surface area contributed by atoms with Crippen molar-refractivity contribution >= 4 is 46.3 Å².